The maximum absolute atomic E-state index is 12.7. The summed E-state index contributed by atoms with van der Waals surface area (Å²) in [6.07, 6.45) is 0. The number of aromatic hydroxyl groups is 1. The van der Waals surface area contributed by atoms with Gasteiger partial charge in [0.2, 0.25) is 11.6 Å². The number of rotatable bonds is 15. The summed E-state index contributed by atoms with van der Waals surface area (Å²) < 4.78 is 27.0. The van der Waals surface area contributed by atoms with Gasteiger partial charge in [-0.3, -0.25) is 9.59 Å². The third-order valence-corrected chi connectivity index (χ3v) is 5.99. The highest BCUT2D eigenvalue weighted by Crippen LogP contribution is 2.22. The Labute approximate surface area is 243 Å². The minimum Gasteiger partial charge on any atom is -0.508 e. The predicted molar refractivity (Wildman–Crippen MR) is 154 cm³/mol. The number of carbonyl (C=O) groups excluding carboxylic acids is 3. The molecule has 0 radical (unpaired) electrons. The fourth-order valence-electron chi connectivity index (χ4n) is 3.85. The number of ketones is 2. The molecule has 42 heavy (non-hydrogen) atoms. The number of phenolic OH excluding ortho intramolecular Hbond substituents is 1. The average Bonchev–Trinajstić information content (AvgIpc) is 3.03. The third kappa shape index (κ3) is 8.67. The molecule has 0 amide bonds. The Morgan fingerprint density at radius 1 is 0.595 bits per heavy atom. The molecular formula is C33H30O9. The van der Waals surface area contributed by atoms with Crippen molar-refractivity contribution in [3.05, 3.63) is 119 Å². The van der Waals surface area contributed by atoms with Crippen molar-refractivity contribution in [2.75, 3.05) is 33.5 Å². The SMILES string of the molecule is COC(=O)c1cc(O)cc(OCCOCCOc2ccc(C(=O)C(=O)c3ccc(OCc4ccccc4)cc3)cc2)c1. The minimum absolute atomic E-state index is 0.113. The molecule has 0 aliphatic carbocycles. The zero-order valence-corrected chi connectivity index (χ0v) is 23.0. The van der Waals surface area contributed by atoms with Crippen LogP contribution in [0.2, 0.25) is 0 Å². The second kappa shape index (κ2) is 15.0. The Bertz CT molecular complexity index is 1480. The van der Waals surface area contributed by atoms with Crippen LogP contribution in [0.15, 0.2) is 97.1 Å². The molecule has 0 aromatic heterocycles. The van der Waals surface area contributed by atoms with E-state index in [9.17, 15) is 19.5 Å². The van der Waals surface area contributed by atoms with Gasteiger partial charge in [-0.1, -0.05) is 30.3 Å². The zero-order chi connectivity index (χ0) is 29.7. The van der Waals surface area contributed by atoms with Crippen LogP contribution in [-0.4, -0.2) is 56.2 Å². The average molecular weight is 571 g/mol. The van der Waals surface area contributed by atoms with Crippen LogP contribution in [0.25, 0.3) is 0 Å². The number of benzene rings is 4. The van der Waals surface area contributed by atoms with E-state index in [4.69, 9.17) is 18.9 Å². The van der Waals surface area contributed by atoms with Crippen LogP contribution in [0.3, 0.4) is 0 Å². The van der Waals surface area contributed by atoms with Crippen molar-refractivity contribution in [1.29, 1.82) is 0 Å². The summed E-state index contributed by atoms with van der Waals surface area (Å²) >= 11 is 0. The van der Waals surface area contributed by atoms with Gasteiger partial charge in [-0.15, -0.1) is 0 Å². The molecule has 4 rings (SSSR count). The molecule has 0 atom stereocenters. The number of hydrogen-bond donors (Lipinski definition) is 1. The molecule has 0 saturated carbocycles. The van der Waals surface area contributed by atoms with E-state index in [1.807, 2.05) is 30.3 Å². The highest BCUT2D eigenvalue weighted by molar-refractivity contribution is 6.49. The van der Waals surface area contributed by atoms with Crippen LogP contribution < -0.4 is 14.2 Å². The molecule has 9 heteroatoms. The van der Waals surface area contributed by atoms with E-state index in [1.165, 1.54) is 25.3 Å². The van der Waals surface area contributed by atoms with Crippen LogP contribution in [0.4, 0.5) is 0 Å². The molecule has 0 aliphatic rings. The lowest BCUT2D eigenvalue weighted by Gasteiger charge is -2.10. The van der Waals surface area contributed by atoms with E-state index in [0.717, 1.165) is 5.56 Å². The van der Waals surface area contributed by atoms with Crippen molar-refractivity contribution in [2.45, 2.75) is 6.61 Å². The molecule has 0 heterocycles. The summed E-state index contributed by atoms with van der Waals surface area (Å²) in [6, 6.07) is 26.7. The van der Waals surface area contributed by atoms with Gasteiger partial charge >= 0.3 is 5.97 Å². The minimum atomic E-state index is -0.617. The highest BCUT2D eigenvalue weighted by Gasteiger charge is 2.18. The van der Waals surface area contributed by atoms with Gasteiger partial charge in [0, 0.05) is 17.2 Å². The van der Waals surface area contributed by atoms with E-state index < -0.39 is 17.5 Å². The van der Waals surface area contributed by atoms with Crippen LogP contribution in [0.1, 0.15) is 36.6 Å². The lowest BCUT2D eigenvalue weighted by Crippen LogP contribution is -2.14. The summed E-state index contributed by atoms with van der Waals surface area (Å²) in [6.45, 7) is 1.38. The van der Waals surface area contributed by atoms with Gasteiger partial charge in [0.05, 0.1) is 25.9 Å². The van der Waals surface area contributed by atoms with Gasteiger partial charge in [-0.25, -0.2) is 4.79 Å². The van der Waals surface area contributed by atoms with Gasteiger partial charge in [0.1, 0.15) is 42.8 Å². The van der Waals surface area contributed by atoms with E-state index in [1.54, 1.807) is 48.5 Å². The molecule has 4 aromatic rings. The first-order valence-electron chi connectivity index (χ1n) is 13.1. The van der Waals surface area contributed by atoms with Crippen LogP contribution in [0.5, 0.6) is 23.0 Å². The lowest BCUT2D eigenvalue weighted by molar-refractivity contribution is 0.0598. The molecule has 0 bridgehead atoms. The Morgan fingerprint density at radius 2 is 1.14 bits per heavy atom. The first kappa shape index (κ1) is 29.8. The molecule has 0 saturated heterocycles. The molecule has 9 nitrogen and oxygen atoms in total. The second-order valence-corrected chi connectivity index (χ2v) is 9.00. The number of methoxy groups -OCH3 is 1. The fourth-order valence-corrected chi connectivity index (χ4v) is 3.85. The maximum atomic E-state index is 12.7. The molecular weight excluding hydrogens is 540 g/mol. The van der Waals surface area contributed by atoms with E-state index >= 15 is 0 Å². The van der Waals surface area contributed by atoms with E-state index in [2.05, 4.69) is 4.74 Å². The number of Topliss-reactive ketones (excluding diaryl/α,β-unsaturated/α-hetero) is 2. The first-order valence-corrected chi connectivity index (χ1v) is 13.1. The van der Waals surface area contributed by atoms with Gasteiger partial charge in [-0.2, -0.15) is 0 Å². The smallest absolute Gasteiger partial charge is 0.338 e. The van der Waals surface area contributed by atoms with Crippen molar-refractivity contribution >= 4 is 17.5 Å². The molecule has 4 aromatic carbocycles. The third-order valence-electron chi connectivity index (χ3n) is 5.99. The number of hydrogen-bond acceptors (Lipinski definition) is 9. The van der Waals surface area contributed by atoms with E-state index in [-0.39, 0.29) is 48.9 Å². The van der Waals surface area contributed by atoms with Gasteiger partial charge in [-0.05, 0) is 66.2 Å². The van der Waals surface area contributed by atoms with Crippen molar-refractivity contribution < 1.29 is 43.2 Å². The molecule has 0 unspecified atom stereocenters. The fraction of sp³-hybridized carbons (Fsp3) is 0.182. The van der Waals surface area contributed by atoms with Gasteiger partial charge in [0.15, 0.2) is 0 Å². The van der Waals surface area contributed by atoms with Crippen LogP contribution >= 0.6 is 0 Å². The molecule has 0 aliphatic heterocycles. The van der Waals surface area contributed by atoms with Crippen molar-refractivity contribution in [1.82, 2.24) is 0 Å². The summed E-state index contributed by atoms with van der Waals surface area (Å²) in [5.74, 6) is -0.481. The molecule has 0 fully saturated rings. The zero-order valence-electron chi connectivity index (χ0n) is 23.0. The maximum Gasteiger partial charge on any atom is 0.338 e. The number of phenols is 1. The predicted octanol–water partition coefficient (Wildman–Crippen LogP) is 5.30. The Morgan fingerprint density at radius 3 is 1.71 bits per heavy atom. The topological polar surface area (TPSA) is 118 Å². The molecule has 1 N–H and O–H groups in total. The van der Waals surface area contributed by atoms with Gasteiger partial charge in [0.25, 0.3) is 0 Å². The van der Waals surface area contributed by atoms with E-state index in [0.29, 0.717) is 23.9 Å². The second-order valence-electron chi connectivity index (χ2n) is 9.00. The first-order chi connectivity index (χ1) is 20.4. The largest absolute Gasteiger partial charge is 0.508 e. The van der Waals surface area contributed by atoms with Crippen molar-refractivity contribution in [3.63, 3.8) is 0 Å². The van der Waals surface area contributed by atoms with Gasteiger partial charge < -0.3 is 28.8 Å². The number of ether oxygens (including phenoxy) is 5. The standard InChI is InChI=1S/C33H30O9/c1-38-33(37)26-19-27(34)21-30(20-26)41-18-16-39-15-17-40-28-11-7-24(8-12-28)31(35)32(36)25-9-13-29(14-10-25)42-22-23-5-3-2-4-6-23/h2-14,19-21,34H,15-18,22H2,1H3. The lowest BCUT2D eigenvalue weighted by atomic mass is 10.0. The normalized spacial score (nSPS) is 10.5. The molecule has 216 valence electrons. The van der Waals surface area contributed by atoms with Crippen LogP contribution in [-0.2, 0) is 16.1 Å². The number of esters is 1. The summed E-state index contributed by atoms with van der Waals surface area (Å²) in [5, 5.41) is 9.73. The Kier molecular flexibility index (Phi) is 10.7. The molecule has 0 spiro atoms. The number of carbonyl (C=O) groups is 3. The summed E-state index contributed by atoms with van der Waals surface area (Å²) in [7, 11) is 1.25. The summed E-state index contributed by atoms with van der Waals surface area (Å²) in [4.78, 5) is 37.0. The van der Waals surface area contributed by atoms with Crippen molar-refractivity contribution in [3.8, 4) is 23.0 Å². The van der Waals surface area contributed by atoms with Crippen LogP contribution in [0, 0.1) is 0 Å². The monoisotopic (exact) mass is 570 g/mol. The highest BCUT2D eigenvalue weighted by atomic mass is 16.5. The Balaban J connectivity index is 1.16. The van der Waals surface area contributed by atoms with Crippen molar-refractivity contribution in [2.24, 2.45) is 0 Å². The Hall–Kier alpha value is -5.15. The summed E-state index contributed by atoms with van der Waals surface area (Å²) in [5.41, 5.74) is 1.74. The quantitative estimate of drug-likeness (QED) is 0.0879.